The summed E-state index contributed by atoms with van der Waals surface area (Å²) >= 11 is 0. The molecule has 0 aliphatic rings. The molecule has 13 heteroatoms. The van der Waals surface area contributed by atoms with Crippen molar-refractivity contribution in [2.45, 2.75) is 76.7 Å². The van der Waals surface area contributed by atoms with Gasteiger partial charge in [-0.25, -0.2) is 0 Å². The van der Waals surface area contributed by atoms with E-state index in [1.807, 2.05) is 0 Å². The SMILES string of the molecule is CCC(O)(CC)COc1ccc([Si](C)(C)c2ccc(OC[C@@H](O)CCC(=O)O)c(C(F)(F)F)c2)cc1C(F)(F)F. The molecule has 0 amide bonds. The Balaban J connectivity index is 2.44. The fourth-order valence-electron chi connectivity index (χ4n) is 3.92. The second kappa shape index (κ2) is 12.8. The van der Waals surface area contributed by atoms with Crippen molar-refractivity contribution in [1.29, 1.82) is 0 Å². The molecule has 0 radical (unpaired) electrons. The first kappa shape index (κ1) is 33.4. The standard InChI is InChI=1S/C27H34F6O6Si/c1-5-25(37,6-2)16-39-23-11-9-19(14-21(23)27(31,32)33)40(3,4)18-8-10-22(20(13-18)26(28,29)30)38-15-17(34)7-12-24(35)36/h8-11,13-14,17,34,37H,5-7,12,15-16H2,1-4H3,(H,35,36)/t17-/m0/s1. The number of benzene rings is 2. The van der Waals surface area contributed by atoms with Gasteiger partial charge in [-0.1, -0.05) is 49.4 Å². The van der Waals surface area contributed by atoms with E-state index in [1.54, 1.807) is 26.9 Å². The fourth-order valence-corrected chi connectivity index (χ4v) is 6.27. The maximum absolute atomic E-state index is 14.0. The van der Waals surface area contributed by atoms with Crippen molar-refractivity contribution in [3.05, 3.63) is 47.5 Å². The molecular formula is C27H34F6O6Si. The van der Waals surface area contributed by atoms with E-state index in [1.165, 1.54) is 12.1 Å². The Morgan fingerprint density at radius 3 is 1.73 bits per heavy atom. The number of hydrogen-bond donors (Lipinski definition) is 3. The van der Waals surface area contributed by atoms with Gasteiger partial charge < -0.3 is 24.8 Å². The molecular weight excluding hydrogens is 562 g/mol. The van der Waals surface area contributed by atoms with Crippen LogP contribution in [0.4, 0.5) is 26.3 Å². The minimum absolute atomic E-state index is 0.187. The highest BCUT2D eigenvalue weighted by Crippen LogP contribution is 2.38. The van der Waals surface area contributed by atoms with Gasteiger partial charge in [0.15, 0.2) is 0 Å². The van der Waals surface area contributed by atoms with Crippen LogP contribution in [0.1, 0.15) is 50.7 Å². The Kier molecular flexibility index (Phi) is 10.7. The lowest BCUT2D eigenvalue weighted by atomic mass is 9.99. The monoisotopic (exact) mass is 596 g/mol. The Labute approximate surface area is 229 Å². The van der Waals surface area contributed by atoms with Crippen molar-refractivity contribution in [3.63, 3.8) is 0 Å². The summed E-state index contributed by atoms with van der Waals surface area (Å²) in [4.78, 5) is 10.6. The Hall–Kier alpha value is -2.77. The van der Waals surface area contributed by atoms with Crippen LogP contribution in [-0.2, 0) is 17.1 Å². The molecule has 0 aromatic heterocycles. The number of aliphatic hydroxyl groups excluding tert-OH is 1. The van der Waals surface area contributed by atoms with Crippen LogP contribution in [0.25, 0.3) is 0 Å². The van der Waals surface area contributed by atoms with Crippen LogP contribution in [0.2, 0.25) is 13.1 Å². The Morgan fingerprint density at radius 2 is 1.32 bits per heavy atom. The second-order valence-corrected chi connectivity index (χ2v) is 14.6. The number of hydrogen-bond acceptors (Lipinski definition) is 5. The summed E-state index contributed by atoms with van der Waals surface area (Å²) in [5, 5.41) is 29.3. The minimum atomic E-state index is -4.87. The summed E-state index contributed by atoms with van der Waals surface area (Å²) in [6.45, 7) is 5.66. The lowest BCUT2D eigenvalue weighted by molar-refractivity contribution is -0.140. The van der Waals surface area contributed by atoms with Gasteiger partial charge in [-0.05, 0) is 43.5 Å². The molecule has 0 bridgehead atoms. The average Bonchev–Trinajstić information content (AvgIpc) is 2.87. The smallest absolute Gasteiger partial charge is 0.419 e. The summed E-state index contributed by atoms with van der Waals surface area (Å²) in [6.07, 6.45) is -11.1. The molecule has 1 atom stereocenters. The molecule has 2 rings (SSSR count). The highest BCUT2D eigenvalue weighted by Gasteiger charge is 2.40. The summed E-state index contributed by atoms with van der Waals surface area (Å²) in [5.41, 5.74) is -3.56. The number of rotatable bonds is 13. The molecule has 3 N–H and O–H groups in total. The van der Waals surface area contributed by atoms with Gasteiger partial charge in [0, 0.05) is 6.42 Å². The number of carboxylic acids is 1. The van der Waals surface area contributed by atoms with E-state index in [2.05, 4.69) is 0 Å². The number of ether oxygens (including phenoxy) is 2. The molecule has 0 saturated heterocycles. The van der Waals surface area contributed by atoms with Crippen molar-refractivity contribution in [3.8, 4) is 11.5 Å². The predicted octanol–water partition coefficient (Wildman–Crippen LogP) is 5.08. The van der Waals surface area contributed by atoms with Gasteiger partial charge in [-0.3, -0.25) is 4.79 Å². The molecule has 0 spiro atoms. The predicted molar refractivity (Wildman–Crippen MR) is 139 cm³/mol. The minimum Gasteiger partial charge on any atom is -0.490 e. The quantitative estimate of drug-likeness (QED) is 0.221. The third kappa shape index (κ3) is 8.61. The van der Waals surface area contributed by atoms with Crippen molar-refractivity contribution in [1.82, 2.24) is 0 Å². The summed E-state index contributed by atoms with van der Waals surface area (Å²) in [6, 6.07) is 6.64. The van der Waals surface area contributed by atoms with Crippen LogP contribution in [-0.4, -0.2) is 54.3 Å². The molecule has 0 saturated carbocycles. The highest BCUT2D eigenvalue weighted by molar-refractivity contribution is 7.00. The molecule has 224 valence electrons. The zero-order chi connectivity index (χ0) is 30.5. The van der Waals surface area contributed by atoms with E-state index in [-0.39, 0.29) is 36.2 Å². The third-order valence-electron chi connectivity index (χ3n) is 6.95. The van der Waals surface area contributed by atoms with Crippen LogP contribution in [0.3, 0.4) is 0 Å². The lowest BCUT2D eigenvalue weighted by Crippen LogP contribution is -2.53. The maximum Gasteiger partial charge on any atom is 0.419 e. The molecule has 40 heavy (non-hydrogen) atoms. The van der Waals surface area contributed by atoms with Crippen molar-refractivity contribution in [2.75, 3.05) is 13.2 Å². The van der Waals surface area contributed by atoms with Gasteiger partial charge in [-0.2, -0.15) is 26.3 Å². The normalized spacial score (nSPS) is 13.7. The third-order valence-corrected chi connectivity index (χ3v) is 10.5. The number of carbonyl (C=O) groups is 1. The van der Waals surface area contributed by atoms with Crippen LogP contribution in [0.15, 0.2) is 36.4 Å². The molecule has 6 nitrogen and oxygen atoms in total. The molecule has 0 aliphatic heterocycles. The number of halogens is 6. The number of alkyl halides is 6. The zero-order valence-corrected chi connectivity index (χ0v) is 23.6. The zero-order valence-electron chi connectivity index (χ0n) is 22.6. The summed E-state index contributed by atoms with van der Waals surface area (Å²) in [7, 11) is -3.14. The van der Waals surface area contributed by atoms with E-state index in [0.717, 1.165) is 24.3 Å². The van der Waals surface area contributed by atoms with Crippen molar-refractivity contribution in [2.24, 2.45) is 0 Å². The number of aliphatic carboxylic acids is 1. The van der Waals surface area contributed by atoms with E-state index >= 15 is 0 Å². The molecule has 0 heterocycles. The van der Waals surface area contributed by atoms with E-state index < -0.39 is 73.8 Å². The highest BCUT2D eigenvalue weighted by atomic mass is 28.3. The van der Waals surface area contributed by atoms with Gasteiger partial charge in [0.25, 0.3) is 0 Å². The van der Waals surface area contributed by atoms with Gasteiger partial charge in [0.05, 0.1) is 22.8 Å². The number of aliphatic hydroxyl groups is 2. The molecule has 0 fully saturated rings. The van der Waals surface area contributed by atoms with E-state index in [4.69, 9.17) is 14.6 Å². The van der Waals surface area contributed by atoms with Crippen molar-refractivity contribution < 1.29 is 55.9 Å². The average molecular weight is 597 g/mol. The van der Waals surface area contributed by atoms with Gasteiger partial charge in [0.1, 0.15) is 32.8 Å². The first-order valence-corrected chi connectivity index (χ1v) is 15.7. The lowest BCUT2D eigenvalue weighted by Gasteiger charge is -2.28. The van der Waals surface area contributed by atoms with Crippen LogP contribution in [0, 0.1) is 0 Å². The fraction of sp³-hybridized carbons (Fsp3) is 0.519. The van der Waals surface area contributed by atoms with Crippen LogP contribution in [0.5, 0.6) is 11.5 Å². The molecule has 2 aromatic carbocycles. The van der Waals surface area contributed by atoms with E-state index in [0.29, 0.717) is 0 Å². The van der Waals surface area contributed by atoms with Gasteiger partial charge in [-0.15, -0.1) is 0 Å². The van der Waals surface area contributed by atoms with Crippen molar-refractivity contribution >= 4 is 24.4 Å². The van der Waals surface area contributed by atoms with Crippen LogP contribution < -0.4 is 19.8 Å². The molecule has 0 unspecified atom stereocenters. The van der Waals surface area contributed by atoms with Gasteiger partial charge in [0.2, 0.25) is 0 Å². The van der Waals surface area contributed by atoms with E-state index in [9.17, 15) is 41.4 Å². The second-order valence-electron chi connectivity index (χ2n) is 10.2. The topological polar surface area (TPSA) is 96.2 Å². The first-order chi connectivity index (χ1) is 18.3. The Morgan fingerprint density at radius 1 is 0.875 bits per heavy atom. The summed E-state index contributed by atoms with van der Waals surface area (Å²) in [5.74, 6) is -2.25. The molecule has 0 aliphatic carbocycles. The maximum atomic E-state index is 14.0. The van der Waals surface area contributed by atoms with Gasteiger partial charge >= 0.3 is 18.3 Å². The first-order valence-electron chi connectivity index (χ1n) is 12.7. The molecule has 2 aromatic rings. The largest absolute Gasteiger partial charge is 0.490 e. The van der Waals surface area contributed by atoms with Crippen LogP contribution >= 0.6 is 0 Å². The number of carboxylic acid groups (broad SMARTS) is 1. The summed E-state index contributed by atoms with van der Waals surface area (Å²) < 4.78 is 94.2. The Bertz CT molecular complexity index is 1160.